The minimum absolute atomic E-state index is 0.487. The van der Waals surface area contributed by atoms with Crippen LogP contribution in [0.1, 0.15) is 38.8 Å². The van der Waals surface area contributed by atoms with Crippen LogP contribution in [0, 0.1) is 0 Å². The second-order valence-electron chi connectivity index (χ2n) is 3.62. The number of hydrogen-bond donors (Lipinski definition) is 1. The van der Waals surface area contributed by atoms with Crippen molar-refractivity contribution in [3.05, 3.63) is 30.1 Å². The van der Waals surface area contributed by atoms with Gasteiger partial charge in [-0.1, -0.05) is 26.8 Å². The summed E-state index contributed by atoms with van der Waals surface area (Å²) in [5.74, 6) is 0.487. The molecule has 0 saturated heterocycles. The van der Waals surface area contributed by atoms with Gasteiger partial charge in [-0.2, -0.15) is 0 Å². The van der Waals surface area contributed by atoms with Crippen LogP contribution in [0.25, 0.3) is 0 Å². The second kappa shape index (κ2) is 5.76. The maximum atomic E-state index is 4.39. The lowest BCUT2D eigenvalue weighted by atomic mass is 9.95. The van der Waals surface area contributed by atoms with Crippen LogP contribution in [0.4, 0.5) is 0 Å². The van der Waals surface area contributed by atoms with Gasteiger partial charge in [-0.25, -0.2) is 0 Å². The van der Waals surface area contributed by atoms with Crippen LogP contribution in [0.2, 0.25) is 0 Å². The summed E-state index contributed by atoms with van der Waals surface area (Å²) >= 11 is 0. The Morgan fingerprint density at radius 3 is 2.64 bits per heavy atom. The number of hydrogen-bond acceptors (Lipinski definition) is 2. The first kappa shape index (κ1) is 11.2. The molecule has 2 unspecified atom stereocenters. The first-order chi connectivity index (χ1) is 6.79. The lowest BCUT2D eigenvalue weighted by Crippen LogP contribution is -2.33. The van der Waals surface area contributed by atoms with Crippen molar-refractivity contribution in [3.63, 3.8) is 0 Å². The quantitative estimate of drug-likeness (QED) is 0.775. The molecule has 0 aromatic carbocycles. The fraction of sp³-hybridized carbons (Fsp3) is 0.583. The molecule has 0 radical (unpaired) electrons. The Bertz CT molecular complexity index is 246. The molecule has 1 aromatic heterocycles. The topological polar surface area (TPSA) is 24.9 Å². The van der Waals surface area contributed by atoms with Crippen LogP contribution in [0.3, 0.4) is 0 Å². The van der Waals surface area contributed by atoms with Gasteiger partial charge >= 0.3 is 0 Å². The summed E-state index contributed by atoms with van der Waals surface area (Å²) in [7, 11) is 0. The highest BCUT2D eigenvalue weighted by Gasteiger charge is 2.16. The minimum atomic E-state index is 0.487. The standard InChI is InChI=1S/C12H20N2/c1-4-11(13-5-2)10(3)12-8-6-7-9-14-12/h6-11,13H,4-5H2,1-3H3. The van der Waals surface area contributed by atoms with Crippen molar-refractivity contribution in [3.8, 4) is 0 Å². The van der Waals surface area contributed by atoms with Gasteiger partial charge in [-0.15, -0.1) is 0 Å². The van der Waals surface area contributed by atoms with Gasteiger partial charge < -0.3 is 5.32 Å². The van der Waals surface area contributed by atoms with Gasteiger partial charge in [-0.3, -0.25) is 4.98 Å². The highest BCUT2D eigenvalue weighted by molar-refractivity contribution is 5.10. The zero-order chi connectivity index (χ0) is 10.4. The van der Waals surface area contributed by atoms with Crippen LogP contribution in [0.5, 0.6) is 0 Å². The molecule has 1 aromatic rings. The van der Waals surface area contributed by atoms with E-state index in [1.165, 1.54) is 5.69 Å². The Morgan fingerprint density at radius 2 is 2.14 bits per heavy atom. The van der Waals surface area contributed by atoms with Gasteiger partial charge in [0.05, 0.1) is 0 Å². The van der Waals surface area contributed by atoms with Crippen molar-refractivity contribution >= 4 is 0 Å². The Balaban J connectivity index is 2.67. The smallest absolute Gasteiger partial charge is 0.0447 e. The second-order valence-corrected chi connectivity index (χ2v) is 3.62. The molecule has 14 heavy (non-hydrogen) atoms. The molecule has 0 saturated carbocycles. The van der Waals surface area contributed by atoms with E-state index < -0.39 is 0 Å². The molecule has 1 heterocycles. The van der Waals surface area contributed by atoms with E-state index in [4.69, 9.17) is 0 Å². The highest BCUT2D eigenvalue weighted by Crippen LogP contribution is 2.18. The first-order valence-electron chi connectivity index (χ1n) is 5.43. The molecule has 0 aliphatic heterocycles. The van der Waals surface area contributed by atoms with Gasteiger partial charge in [0, 0.05) is 23.9 Å². The van der Waals surface area contributed by atoms with Crippen molar-refractivity contribution in [2.24, 2.45) is 0 Å². The number of nitrogens with zero attached hydrogens (tertiary/aromatic N) is 1. The molecular weight excluding hydrogens is 172 g/mol. The molecule has 0 aliphatic rings. The molecule has 0 fully saturated rings. The molecule has 0 bridgehead atoms. The SMILES string of the molecule is CCNC(CC)C(C)c1ccccn1. The Kier molecular flexibility index (Phi) is 4.60. The largest absolute Gasteiger partial charge is 0.314 e. The molecule has 0 amide bonds. The molecule has 2 nitrogen and oxygen atoms in total. The molecule has 78 valence electrons. The third-order valence-corrected chi connectivity index (χ3v) is 2.66. The summed E-state index contributed by atoms with van der Waals surface area (Å²) in [6.07, 6.45) is 3.01. The number of likely N-dealkylation sites (N-methyl/N-ethyl adjacent to an activating group) is 1. The van der Waals surface area contributed by atoms with E-state index in [0.29, 0.717) is 12.0 Å². The predicted octanol–water partition coefficient (Wildman–Crippen LogP) is 2.57. The Morgan fingerprint density at radius 1 is 1.36 bits per heavy atom. The normalized spacial score (nSPS) is 15.1. The van der Waals surface area contributed by atoms with Crippen molar-refractivity contribution < 1.29 is 0 Å². The third-order valence-electron chi connectivity index (χ3n) is 2.66. The Hall–Kier alpha value is -0.890. The number of pyridine rings is 1. The van der Waals surface area contributed by atoms with E-state index >= 15 is 0 Å². The summed E-state index contributed by atoms with van der Waals surface area (Å²) in [6.45, 7) is 7.62. The summed E-state index contributed by atoms with van der Waals surface area (Å²) < 4.78 is 0. The molecule has 2 heteroatoms. The van der Waals surface area contributed by atoms with Crippen molar-refractivity contribution in [1.29, 1.82) is 0 Å². The van der Waals surface area contributed by atoms with E-state index in [2.05, 4.69) is 43.2 Å². The zero-order valence-electron chi connectivity index (χ0n) is 9.33. The third kappa shape index (κ3) is 2.81. The number of rotatable bonds is 5. The van der Waals surface area contributed by atoms with Crippen LogP contribution in [0.15, 0.2) is 24.4 Å². The van der Waals surface area contributed by atoms with Gasteiger partial charge in [0.25, 0.3) is 0 Å². The monoisotopic (exact) mass is 192 g/mol. The Labute approximate surface area is 86.8 Å². The molecule has 1 N–H and O–H groups in total. The van der Waals surface area contributed by atoms with Gasteiger partial charge in [0.15, 0.2) is 0 Å². The first-order valence-corrected chi connectivity index (χ1v) is 5.43. The van der Waals surface area contributed by atoms with Crippen LogP contribution >= 0.6 is 0 Å². The molecular formula is C12H20N2. The van der Waals surface area contributed by atoms with E-state index in [1.54, 1.807) is 0 Å². The number of aromatic nitrogens is 1. The van der Waals surface area contributed by atoms with E-state index in [1.807, 2.05) is 12.3 Å². The fourth-order valence-electron chi connectivity index (χ4n) is 1.79. The highest BCUT2D eigenvalue weighted by atomic mass is 14.9. The number of nitrogens with one attached hydrogen (secondary N) is 1. The zero-order valence-corrected chi connectivity index (χ0v) is 9.33. The molecule has 0 aliphatic carbocycles. The van der Waals surface area contributed by atoms with Crippen LogP contribution in [-0.4, -0.2) is 17.6 Å². The summed E-state index contributed by atoms with van der Waals surface area (Å²) in [6, 6.07) is 6.65. The fourth-order valence-corrected chi connectivity index (χ4v) is 1.79. The van der Waals surface area contributed by atoms with Crippen molar-refractivity contribution in [2.75, 3.05) is 6.54 Å². The summed E-state index contributed by atoms with van der Waals surface area (Å²) in [5.41, 5.74) is 1.18. The van der Waals surface area contributed by atoms with E-state index in [-0.39, 0.29) is 0 Å². The lowest BCUT2D eigenvalue weighted by Gasteiger charge is -2.22. The van der Waals surface area contributed by atoms with Crippen molar-refractivity contribution in [1.82, 2.24) is 10.3 Å². The summed E-state index contributed by atoms with van der Waals surface area (Å²) in [5, 5.41) is 3.49. The van der Waals surface area contributed by atoms with Crippen molar-refractivity contribution in [2.45, 2.75) is 39.2 Å². The summed E-state index contributed by atoms with van der Waals surface area (Å²) in [4.78, 5) is 4.39. The lowest BCUT2D eigenvalue weighted by molar-refractivity contribution is 0.443. The predicted molar refractivity (Wildman–Crippen MR) is 60.4 cm³/mol. The van der Waals surface area contributed by atoms with Gasteiger partial charge in [-0.05, 0) is 25.1 Å². The average molecular weight is 192 g/mol. The molecule has 1 rings (SSSR count). The maximum absolute atomic E-state index is 4.39. The molecule has 2 atom stereocenters. The van der Waals surface area contributed by atoms with Crippen LogP contribution in [-0.2, 0) is 0 Å². The van der Waals surface area contributed by atoms with E-state index in [9.17, 15) is 0 Å². The van der Waals surface area contributed by atoms with E-state index in [0.717, 1.165) is 13.0 Å². The van der Waals surface area contributed by atoms with Gasteiger partial charge in [0.2, 0.25) is 0 Å². The minimum Gasteiger partial charge on any atom is -0.314 e. The average Bonchev–Trinajstić information content (AvgIpc) is 2.26. The maximum Gasteiger partial charge on any atom is 0.0447 e. The van der Waals surface area contributed by atoms with Crippen LogP contribution < -0.4 is 5.32 Å². The molecule has 0 spiro atoms. The van der Waals surface area contributed by atoms with Gasteiger partial charge in [0.1, 0.15) is 0 Å².